The maximum atomic E-state index is 12.6. The lowest BCUT2D eigenvalue weighted by Crippen LogP contribution is -2.38. The highest BCUT2D eigenvalue weighted by molar-refractivity contribution is 5.85. The number of nitrogens with one attached hydrogen (secondary N) is 2. The van der Waals surface area contributed by atoms with Crippen molar-refractivity contribution >= 4 is 30.7 Å². The van der Waals surface area contributed by atoms with Crippen LogP contribution in [0.25, 0.3) is 0 Å². The highest BCUT2D eigenvalue weighted by atomic mass is 35.5. The molecule has 1 aromatic carbocycles. The Labute approximate surface area is 172 Å². The monoisotopic (exact) mass is 418 g/mol. The van der Waals surface area contributed by atoms with Crippen molar-refractivity contribution in [3.63, 3.8) is 0 Å². The van der Waals surface area contributed by atoms with E-state index in [2.05, 4.69) is 15.6 Å². The predicted octanol–water partition coefficient (Wildman–Crippen LogP) is 2.34. The fourth-order valence-corrected chi connectivity index (χ4v) is 2.63. The second-order valence-corrected chi connectivity index (χ2v) is 5.94. The molecule has 9 heteroatoms. The molecule has 1 amide bonds. The first-order valence-corrected chi connectivity index (χ1v) is 8.15. The number of imidazole rings is 1. The highest BCUT2D eigenvalue weighted by Crippen LogP contribution is 2.29. The summed E-state index contributed by atoms with van der Waals surface area (Å²) >= 11 is 0. The van der Waals surface area contributed by atoms with E-state index in [4.69, 9.17) is 9.47 Å². The summed E-state index contributed by atoms with van der Waals surface area (Å²) in [5.41, 5.74) is 0.843. The molecule has 7 nitrogen and oxygen atoms in total. The van der Waals surface area contributed by atoms with Gasteiger partial charge in [0.15, 0.2) is 0 Å². The Balaban J connectivity index is 0.00000338. The topological polar surface area (TPSA) is 77.4 Å². The molecule has 0 saturated carbocycles. The van der Waals surface area contributed by atoms with Crippen molar-refractivity contribution in [1.82, 2.24) is 20.2 Å². The smallest absolute Gasteiger partial charge is 0.224 e. The van der Waals surface area contributed by atoms with E-state index in [0.717, 1.165) is 11.4 Å². The molecule has 0 saturated heterocycles. The number of rotatable bonds is 8. The maximum absolute atomic E-state index is 12.6. The second kappa shape index (κ2) is 11.7. The largest absolute Gasteiger partial charge is 0.497 e. The zero-order chi connectivity index (χ0) is 18.4. The molecule has 0 spiro atoms. The van der Waals surface area contributed by atoms with Crippen molar-refractivity contribution in [2.24, 2.45) is 13.0 Å². The Bertz CT molecular complexity index is 702. The van der Waals surface area contributed by atoms with Gasteiger partial charge in [-0.25, -0.2) is 4.98 Å². The first-order valence-electron chi connectivity index (χ1n) is 8.15. The lowest BCUT2D eigenvalue weighted by molar-refractivity contribution is -0.124. The number of aryl methyl sites for hydroxylation is 1. The summed E-state index contributed by atoms with van der Waals surface area (Å²) in [6.45, 7) is 2.48. The van der Waals surface area contributed by atoms with Gasteiger partial charge in [-0.2, -0.15) is 0 Å². The summed E-state index contributed by atoms with van der Waals surface area (Å²) in [6, 6.07) is 5.15. The van der Waals surface area contributed by atoms with Gasteiger partial charge < -0.3 is 24.7 Å². The Kier molecular flexibility index (Phi) is 10.8. The minimum atomic E-state index is -0.407. The second-order valence-electron chi connectivity index (χ2n) is 5.94. The minimum absolute atomic E-state index is 0. The summed E-state index contributed by atoms with van der Waals surface area (Å²) in [4.78, 5) is 17.0. The number of carbonyl (C=O) groups is 1. The number of amides is 1. The number of aromatic nitrogens is 2. The van der Waals surface area contributed by atoms with Crippen molar-refractivity contribution in [1.29, 1.82) is 0 Å². The first-order chi connectivity index (χ1) is 12.0. The Hall–Kier alpha value is -1.96. The van der Waals surface area contributed by atoms with Crippen LogP contribution in [0.2, 0.25) is 0 Å². The summed E-state index contributed by atoms with van der Waals surface area (Å²) < 4.78 is 12.6. The Morgan fingerprint density at radius 2 is 1.78 bits per heavy atom. The first kappa shape index (κ1) is 25.0. The van der Waals surface area contributed by atoms with Gasteiger partial charge in [-0.3, -0.25) is 4.79 Å². The van der Waals surface area contributed by atoms with Crippen LogP contribution in [0.15, 0.2) is 30.6 Å². The zero-order valence-electron chi connectivity index (χ0n) is 16.2. The Morgan fingerprint density at radius 1 is 1.19 bits per heavy atom. The fraction of sp³-hybridized carbons (Fsp3) is 0.444. The molecule has 1 aromatic heterocycles. The molecule has 0 fully saturated rings. The Morgan fingerprint density at radius 3 is 2.22 bits per heavy atom. The van der Waals surface area contributed by atoms with E-state index in [1.807, 2.05) is 43.9 Å². The minimum Gasteiger partial charge on any atom is -0.497 e. The third-order valence-corrected chi connectivity index (χ3v) is 4.07. The average Bonchev–Trinajstić information content (AvgIpc) is 3.04. The quantitative estimate of drug-likeness (QED) is 0.687. The zero-order valence-corrected chi connectivity index (χ0v) is 17.8. The molecule has 2 unspecified atom stereocenters. The molecule has 2 atom stereocenters. The summed E-state index contributed by atoms with van der Waals surface area (Å²) in [5.74, 6) is 1.84. The maximum Gasteiger partial charge on any atom is 0.224 e. The van der Waals surface area contributed by atoms with Gasteiger partial charge in [-0.1, -0.05) is 6.92 Å². The van der Waals surface area contributed by atoms with Crippen LogP contribution in [0.4, 0.5) is 0 Å². The van der Waals surface area contributed by atoms with Crippen molar-refractivity contribution in [2.45, 2.75) is 13.0 Å². The van der Waals surface area contributed by atoms with Crippen LogP contribution in [-0.2, 0) is 11.8 Å². The lowest BCUT2D eigenvalue weighted by atomic mass is 10.0. The van der Waals surface area contributed by atoms with E-state index < -0.39 is 6.04 Å². The van der Waals surface area contributed by atoms with Crippen molar-refractivity contribution in [3.05, 3.63) is 42.0 Å². The summed E-state index contributed by atoms with van der Waals surface area (Å²) in [7, 11) is 6.92. The van der Waals surface area contributed by atoms with Crippen molar-refractivity contribution in [2.75, 3.05) is 27.8 Å². The van der Waals surface area contributed by atoms with E-state index >= 15 is 0 Å². The molecule has 2 N–H and O–H groups in total. The van der Waals surface area contributed by atoms with E-state index in [9.17, 15) is 4.79 Å². The number of ether oxygens (including phenoxy) is 2. The molecular formula is C18H28Cl2N4O3. The molecule has 0 aliphatic heterocycles. The van der Waals surface area contributed by atoms with E-state index in [1.54, 1.807) is 26.5 Å². The molecule has 1 heterocycles. The molecule has 0 bridgehead atoms. The normalized spacial score (nSPS) is 12.2. The van der Waals surface area contributed by atoms with Gasteiger partial charge in [-0.15, -0.1) is 24.8 Å². The van der Waals surface area contributed by atoms with Gasteiger partial charge in [0.1, 0.15) is 23.4 Å². The van der Waals surface area contributed by atoms with Gasteiger partial charge >= 0.3 is 0 Å². The SMILES string of the molecule is CNCC(C)C(=O)NC(c1cc(OC)cc(OC)c1)c1nccn1C.Cl.Cl. The third kappa shape index (κ3) is 6.30. The number of nitrogens with zero attached hydrogens (tertiary/aromatic N) is 2. The average molecular weight is 419 g/mol. The summed E-state index contributed by atoms with van der Waals surface area (Å²) in [5, 5.41) is 6.11. The van der Waals surface area contributed by atoms with Crippen molar-refractivity contribution < 1.29 is 14.3 Å². The van der Waals surface area contributed by atoms with Crippen LogP contribution < -0.4 is 20.1 Å². The third-order valence-electron chi connectivity index (χ3n) is 4.07. The van der Waals surface area contributed by atoms with E-state index in [0.29, 0.717) is 18.0 Å². The molecule has 0 aliphatic rings. The standard InChI is InChI=1S/C18H26N4O3.2ClH/c1-12(11-19-2)18(23)21-16(17-20-6-7-22(17)3)13-8-14(24-4)10-15(9-13)25-5;;/h6-10,12,16,19H,11H2,1-5H3,(H,21,23);2*1H. The predicted molar refractivity (Wildman–Crippen MR) is 110 cm³/mol. The van der Waals surface area contributed by atoms with Crippen LogP contribution in [0.3, 0.4) is 0 Å². The van der Waals surface area contributed by atoms with Crippen LogP contribution in [0.5, 0.6) is 11.5 Å². The van der Waals surface area contributed by atoms with Gasteiger partial charge in [-0.05, 0) is 24.7 Å². The number of hydrogen-bond donors (Lipinski definition) is 2. The molecular weight excluding hydrogens is 391 g/mol. The van der Waals surface area contributed by atoms with Gasteiger partial charge in [0.2, 0.25) is 5.91 Å². The van der Waals surface area contributed by atoms with Gasteiger partial charge in [0.25, 0.3) is 0 Å². The number of benzene rings is 1. The van der Waals surface area contributed by atoms with E-state index in [-0.39, 0.29) is 36.6 Å². The molecule has 0 radical (unpaired) electrons. The number of carbonyl (C=O) groups excluding carboxylic acids is 1. The molecule has 152 valence electrons. The lowest BCUT2D eigenvalue weighted by Gasteiger charge is -2.22. The fourth-order valence-electron chi connectivity index (χ4n) is 2.63. The number of methoxy groups -OCH3 is 2. The van der Waals surface area contributed by atoms with Crippen LogP contribution >= 0.6 is 24.8 Å². The van der Waals surface area contributed by atoms with Crippen LogP contribution in [0.1, 0.15) is 24.4 Å². The molecule has 2 aromatic rings. The number of halogens is 2. The summed E-state index contributed by atoms with van der Waals surface area (Å²) in [6.07, 6.45) is 3.56. The van der Waals surface area contributed by atoms with Gasteiger partial charge in [0, 0.05) is 38.0 Å². The van der Waals surface area contributed by atoms with Gasteiger partial charge in [0.05, 0.1) is 14.2 Å². The van der Waals surface area contributed by atoms with Crippen LogP contribution in [0, 0.1) is 5.92 Å². The highest BCUT2D eigenvalue weighted by Gasteiger charge is 2.24. The molecule has 2 rings (SSSR count). The molecule has 27 heavy (non-hydrogen) atoms. The van der Waals surface area contributed by atoms with E-state index in [1.165, 1.54) is 0 Å². The van der Waals surface area contributed by atoms with Crippen LogP contribution in [-0.4, -0.2) is 43.3 Å². The number of hydrogen-bond acceptors (Lipinski definition) is 5. The van der Waals surface area contributed by atoms with Crippen molar-refractivity contribution in [3.8, 4) is 11.5 Å². The molecule has 0 aliphatic carbocycles.